The van der Waals surface area contributed by atoms with Crippen molar-refractivity contribution in [2.75, 3.05) is 17.2 Å². The van der Waals surface area contributed by atoms with Crippen molar-refractivity contribution in [2.45, 2.75) is 19.4 Å². The molecule has 0 unspecified atom stereocenters. The molecule has 142 valence electrons. The molecule has 0 N–H and O–H groups in total. The van der Waals surface area contributed by atoms with Crippen molar-refractivity contribution >= 4 is 44.9 Å². The number of rotatable bonds is 6. The van der Waals surface area contributed by atoms with Crippen LogP contribution in [-0.2, 0) is 26.0 Å². The fourth-order valence-corrected chi connectivity index (χ4v) is 4.98. The normalized spacial score (nSPS) is 16.5. The van der Waals surface area contributed by atoms with E-state index in [4.69, 9.17) is 4.74 Å². The van der Waals surface area contributed by atoms with Gasteiger partial charge in [0.1, 0.15) is 0 Å². The van der Waals surface area contributed by atoms with E-state index < -0.39 is 16.0 Å². The molecule has 0 saturated carbocycles. The Kier molecular flexibility index (Phi) is 5.48. The second-order valence-corrected chi connectivity index (χ2v) is 9.02. The predicted octanol–water partition coefficient (Wildman–Crippen LogP) is 2.90. The van der Waals surface area contributed by atoms with Crippen LogP contribution >= 0.6 is 11.3 Å². The minimum Gasteiger partial charge on any atom is -0.454 e. The average Bonchev–Trinajstić information content (AvgIpc) is 3.22. The lowest BCUT2D eigenvalue weighted by Gasteiger charge is -2.21. The van der Waals surface area contributed by atoms with Crippen molar-refractivity contribution in [2.24, 2.45) is 0 Å². The summed E-state index contributed by atoms with van der Waals surface area (Å²) in [5.74, 6) is -0.923. The molecule has 0 aliphatic carbocycles. The highest BCUT2D eigenvalue weighted by molar-refractivity contribution is 7.92. The van der Waals surface area contributed by atoms with E-state index in [1.807, 2.05) is 23.8 Å². The summed E-state index contributed by atoms with van der Waals surface area (Å²) in [5, 5.41) is 3.79. The molecular formula is C19H19NO5S2. The number of hydrogen-bond acceptors (Lipinski definition) is 6. The zero-order valence-corrected chi connectivity index (χ0v) is 16.5. The number of hydrogen-bond donors (Lipinski definition) is 0. The lowest BCUT2D eigenvalue weighted by atomic mass is 10.0. The SMILES string of the molecule is C[C@@H]1Cc2cc(C(=O)COC(=O)/C=C/c3ccsc3)ccc2N1S(C)(=O)=O. The van der Waals surface area contributed by atoms with Gasteiger partial charge in [-0.1, -0.05) is 0 Å². The lowest BCUT2D eigenvalue weighted by molar-refractivity contribution is -0.136. The number of Topliss-reactive ketones (excluding diaryl/α,β-unsaturated/α-hetero) is 1. The minimum atomic E-state index is -3.37. The summed E-state index contributed by atoms with van der Waals surface area (Å²) in [6.45, 7) is 1.46. The topological polar surface area (TPSA) is 80.8 Å². The first kappa shape index (κ1) is 19.3. The largest absolute Gasteiger partial charge is 0.454 e. The molecule has 0 bridgehead atoms. The molecule has 2 aromatic rings. The number of anilines is 1. The number of fused-ring (bicyclic) bond motifs is 1. The highest BCUT2D eigenvalue weighted by Gasteiger charge is 2.32. The summed E-state index contributed by atoms with van der Waals surface area (Å²) < 4.78 is 30.3. The van der Waals surface area contributed by atoms with Crippen molar-refractivity contribution in [3.05, 3.63) is 57.8 Å². The van der Waals surface area contributed by atoms with Gasteiger partial charge in [0, 0.05) is 17.7 Å². The first-order chi connectivity index (χ1) is 12.8. The molecule has 0 saturated heterocycles. The van der Waals surface area contributed by atoms with Crippen molar-refractivity contribution in [1.29, 1.82) is 0 Å². The molecule has 8 heteroatoms. The second kappa shape index (κ2) is 7.66. The van der Waals surface area contributed by atoms with E-state index in [0.717, 1.165) is 11.1 Å². The van der Waals surface area contributed by atoms with Gasteiger partial charge in [-0.2, -0.15) is 11.3 Å². The first-order valence-electron chi connectivity index (χ1n) is 8.28. The monoisotopic (exact) mass is 405 g/mol. The maximum Gasteiger partial charge on any atom is 0.331 e. The highest BCUT2D eigenvalue weighted by Crippen LogP contribution is 2.34. The molecule has 3 rings (SSSR count). The minimum absolute atomic E-state index is 0.194. The van der Waals surface area contributed by atoms with E-state index in [0.29, 0.717) is 17.7 Å². The molecule has 1 aromatic heterocycles. The van der Waals surface area contributed by atoms with Gasteiger partial charge < -0.3 is 4.74 Å². The molecule has 2 heterocycles. The Bertz CT molecular complexity index is 993. The van der Waals surface area contributed by atoms with Crippen molar-refractivity contribution in [3.8, 4) is 0 Å². The summed E-state index contributed by atoms with van der Waals surface area (Å²) in [7, 11) is -3.37. The number of sulfonamides is 1. The Morgan fingerprint density at radius 2 is 2.11 bits per heavy atom. The summed E-state index contributed by atoms with van der Waals surface area (Å²) in [4.78, 5) is 24.0. The molecule has 27 heavy (non-hydrogen) atoms. The molecule has 1 aliphatic heterocycles. The van der Waals surface area contributed by atoms with E-state index in [1.54, 1.807) is 24.3 Å². The van der Waals surface area contributed by atoms with Crippen LogP contribution in [0.1, 0.15) is 28.4 Å². The Morgan fingerprint density at radius 1 is 1.33 bits per heavy atom. The standard InChI is InChI=1S/C19H19NO5S2/c1-13-9-16-10-15(4-5-17(16)20(13)27(2,23)24)18(21)11-25-19(22)6-3-14-7-8-26-12-14/h3-8,10,12-13H,9,11H2,1-2H3/b6-3+/t13-/m1/s1. The van der Waals surface area contributed by atoms with E-state index in [2.05, 4.69) is 0 Å². The van der Waals surface area contributed by atoms with E-state index in [9.17, 15) is 18.0 Å². The van der Waals surface area contributed by atoms with Gasteiger partial charge in [-0.3, -0.25) is 9.10 Å². The molecule has 1 aromatic carbocycles. The Labute approximate surface area is 162 Å². The summed E-state index contributed by atoms with van der Waals surface area (Å²) >= 11 is 1.52. The molecule has 0 amide bonds. The van der Waals surface area contributed by atoms with Crippen LogP contribution in [0.2, 0.25) is 0 Å². The molecule has 0 spiro atoms. The summed E-state index contributed by atoms with van der Waals surface area (Å²) in [6, 6.07) is 6.54. The first-order valence-corrected chi connectivity index (χ1v) is 11.1. The summed E-state index contributed by atoms with van der Waals surface area (Å²) in [6.07, 6.45) is 4.61. The number of ether oxygens (including phenoxy) is 1. The average molecular weight is 405 g/mol. The number of esters is 1. The van der Waals surface area contributed by atoms with Crippen LogP contribution in [0, 0.1) is 0 Å². The van der Waals surface area contributed by atoms with E-state index >= 15 is 0 Å². The zero-order valence-electron chi connectivity index (χ0n) is 14.9. The summed E-state index contributed by atoms with van der Waals surface area (Å²) in [5.41, 5.74) is 2.68. The van der Waals surface area contributed by atoms with Gasteiger partial charge >= 0.3 is 5.97 Å². The van der Waals surface area contributed by atoms with Crippen molar-refractivity contribution in [1.82, 2.24) is 0 Å². The maximum absolute atomic E-state index is 12.3. The molecule has 0 radical (unpaired) electrons. The Hall–Kier alpha value is -2.45. The number of carbonyl (C=O) groups is 2. The van der Waals surface area contributed by atoms with Crippen LogP contribution in [0.4, 0.5) is 5.69 Å². The number of benzene rings is 1. The quantitative estimate of drug-likeness (QED) is 0.419. The third-order valence-corrected chi connectivity index (χ3v) is 6.19. The van der Waals surface area contributed by atoms with Gasteiger partial charge in [0.25, 0.3) is 0 Å². The van der Waals surface area contributed by atoms with Gasteiger partial charge in [-0.25, -0.2) is 13.2 Å². The van der Waals surface area contributed by atoms with Crippen molar-refractivity contribution in [3.63, 3.8) is 0 Å². The van der Waals surface area contributed by atoms with E-state index in [-0.39, 0.29) is 18.4 Å². The molecule has 0 fully saturated rings. The number of carbonyl (C=O) groups excluding carboxylic acids is 2. The lowest BCUT2D eigenvalue weighted by Crippen LogP contribution is -2.34. The van der Waals surface area contributed by atoms with Crippen LogP contribution in [0.15, 0.2) is 41.1 Å². The van der Waals surface area contributed by atoms with Gasteiger partial charge in [0.15, 0.2) is 12.4 Å². The van der Waals surface area contributed by atoms with Crippen LogP contribution in [0.5, 0.6) is 0 Å². The van der Waals surface area contributed by atoms with Crippen LogP contribution < -0.4 is 4.31 Å². The number of nitrogens with zero attached hydrogens (tertiary/aromatic N) is 1. The number of thiophene rings is 1. The molecule has 1 atom stereocenters. The maximum atomic E-state index is 12.3. The third kappa shape index (κ3) is 4.45. The smallest absolute Gasteiger partial charge is 0.331 e. The number of ketones is 1. The van der Waals surface area contributed by atoms with Crippen LogP contribution in [-0.4, -0.2) is 39.1 Å². The van der Waals surface area contributed by atoms with Gasteiger partial charge in [0.2, 0.25) is 10.0 Å². The van der Waals surface area contributed by atoms with E-state index in [1.165, 1.54) is 28.0 Å². The Morgan fingerprint density at radius 3 is 2.78 bits per heavy atom. The fraction of sp³-hybridized carbons (Fsp3) is 0.263. The van der Waals surface area contributed by atoms with Crippen LogP contribution in [0.3, 0.4) is 0 Å². The zero-order chi connectivity index (χ0) is 19.6. The van der Waals surface area contributed by atoms with Gasteiger partial charge in [-0.15, -0.1) is 0 Å². The highest BCUT2D eigenvalue weighted by atomic mass is 32.2. The van der Waals surface area contributed by atoms with Gasteiger partial charge in [0.05, 0.1) is 11.9 Å². The molecular weight excluding hydrogens is 386 g/mol. The fourth-order valence-electron chi connectivity index (χ4n) is 3.08. The third-order valence-electron chi connectivity index (χ3n) is 4.21. The predicted molar refractivity (Wildman–Crippen MR) is 106 cm³/mol. The Balaban J connectivity index is 1.65. The molecule has 1 aliphatic rings. The molecule has 6 nitrogen and oxygen atoms in total. The second-order valence-electron chi connectivity index (χ2n) is 6.38. The van der Waals surface area contributed by atoms with Crippen LogP contribution in [0.25, 0.3) is 6.08 Å². The van der Waals surface area contributed by atoms with Gasteiger partial charge in [-0.05, 0) is 65.6 Å². The van der Waals surface area contributed by atoms with Crippen molar-refractivity contribution < 1.29 is 22.7 Å².